The van der Waals surface area contributed by atoms with Gasteiger partial charge in [0.15, 0.2) is 0 Å². The van der Waals surface area contributed by atoms with Gasteiger partial charge < -0.3 is 9.47 Å². The van der Waals surface area contributed by atoms with Gasteiger partial charge in [-0.1, -0.05) is 6.42 Å². The van der Waals surface area contributed by atoms with E-state index in [2.05, 4.69) is 29.0 Å². The average molecular weight is 324 g/mol. The second-order valence-corrected chi connectivity index (χ2v) is 7.72. The SMILES string of the molecule is CN(Cc1ccc(CN2CCCCC2)s1)C[C@H]1COCCO1. The maximum atomic E-state index is 5.72. The molecule has 5 heteroatoms. The molecule has 4 nitrogen and oxygen atoms in total. The minimum absolute atomic E-state index is 0.228. The van der Waals surface area contributed by atoms with Crippen molar-refractivity contribution in [3.05, 3.63) is 21.9 Å². The van der Waals surface area contributed by atoms with Gasteiger partial charge in [-0.15, -0.1) is 11.3 Å². The predicted molar refractivity (Wildman–Crippen MR) is 90.3 cm³/mol. The van der Waals surface area contributed by atoms with Crippen LogP contribution in [0.1, 0.15) is 29.0 Å². The topological polar surface area (TPSA) is 24.9 Å². The normalized spacial score (nSPS) is 24.0. The Hall–Kier alpha value is -0.460. The third kappa shape index (κ3) is 5.03. The second-order valence-electron chi connectivity index (χ2n) is 6.47. The highest BCUT2D eigenvalue weighted by molar-refractivity contribution is 7.11. The van der Waals surface area contributed by atoms with E-state index < -0.39 is 0 Å². The van der Waals surface area contributed by atoms with Crippen molar-refractivity contribution in [2.24, 2.45) is 0 Å². The number of nitrogens with zero attached hydrogens (tertiary/aromatic N) is 2. The van der Waals surface area contributed by atoms with Crippen molar-refractivity contribution in [2.45, 2.75) is 38.5 Å². The van der Waals surface area contributed by atoms with Crippen molar-refractivity contribution < 1.29 is 9.47 Å². The fraction of sp³-hybridized carbons (Fsp3) is 0.765. The highest BCUT2D eigenvalue weighted by Gasteiger charge is 2.17. The molecule has 0 bridgehead atoms. The van der Waals surface area contributed by atoms with Gasteiger partial charge in [-0.2, -0.15) is 0 Å². The highest BCUT2D eigenvalue weighted by atomic mass is 32.1. The largest absolute Gasteiger partial charge is 0.376 e. The summed E-state index contributed by atoms with van der Waals surface area (Å²) in [5.41, 5.74) is 0. The first-order chi connectivity index (χ1) is 10.8. The number of likely N-dealkylation sites (N-methyl/N-ethyl adjacent to an activating group) is 1. The number of ether oxygens (including phenoxy) is 2. The van der Waals surface area contributed by atoms with E-state index >= 15 is 0 Å². The Balaban J connectivity index is 1.44. The Morgan fingerprint density at radius 3 is 2.77 bits per heavy atom. The quantitative estimate of drug-likeness (QED) is 0.803. The maximum Gasteiger partial charge on any atom is 0.0936 e. The first-order valence-corrected chi connectivity index (χ1v) is 9.29. The smallest absolute Gasteiger partial charge is 0.0936 e. The van der Waals surface area contributed by atoms with E-state index in [1.54, 1.807) is 0 Å². The lowest BCUT2D eigenvalue weighted by atomic mass is 10.1. The van der Waals surface area contributed by atoms with Gasteiger partial charge in [-0.3, -0.25) is 9.80 Å². The minimum Gasteiger partial charge on any atom is -0.376 e. The van der Waals surface area contributed by atoms with Crippen LogP contribution in [0.15, 0.2) is 12.1 Å². The first kappa shape index (κ1) is 16.4. The molecule has 0 aliphatic carbocycles. The molecular weight excluding hydrogens is 296 g/mol. The molecule has 0 saturated carbocycles. The van der Waals surface area contributed by atoms with Crippen LogP contribution in [-0.4, -0.2) is 62.4 Å². The average Bonchev–Trinajstić information content (AvgIpc) is 2.96. The van der Waals surface area contributed by atoms with Crippen molar-refractivity contribution >= 4 is 11.3 Å². The van der Waals surface area contributed by atoms with Crippen molar-refractivity contribution in [1.29, 1.82) is 0 Å². The lowest BCUT2D eigenvalue weighted by Crippen LogP contribution is -2.38. The zero-order valence-corrected chi connectivity index (χ0v) is 14.4. The molecule has 3 rings (SSSR count). The van der Waals surface area contributed by atoms with Crippen LogP contribution in [0.25, 0.3) is 0 Å². The number of hydrogen-bond donors (Lipinski definition) is 0. The number of rotatable bonds is 6. The predicted octanol–water partition coefficient (Wildman–Crippen LogP) is 2.58. The minimum atomic E-state index is 0.228. The highest BCUT2D eigenvalue weighted by Crippen LogP contribution is 2.21. The van der Waals surface area contributed by atoms with Gasteiger partial charge in [0.05, 0.1) is 25.9 Å². The molecule has 0 radical (unpaired) electrons. The van der Waals surface area contributed by atoms with E-state index in [0.29, 0.717) is 0 Å². The summed E-state index contributed by atoms with van der Waals surface area (Å²) in [6.07, 6.45) is 4.37. The van der Waals surface area contributed by atoms with E-state index in [9.17, 15) is 0 Å². The van der Waals surface area contributed by atoms with Crippen LogP contribution in [0, 0.1) is 0 Å². The zero-order valence-electron chi connectivity index (χ0n) is 13.6. The Kier molecular flexibility index (Phi) is 6.27. The summed E-state index contributed by atoms with van der Waals surface area (Å²) >= 11 is 1.96. The Bertz CT molecular complexity index is 440. The Morgan fingerprint density at radius 1 is 1.18 bits per heavy atom. The molecule has 1 aromatic rings. The number of likely N-dealkylation sites (tertiary alicyclic amines) is 1. The molecule has 0 spiro atoms. The molecule has 0 amide bonds. The molecule has 2 aliphatic heterocycles. The van der Waals surface area contributed by atoms with Crippen molar-refractivity contribution in [2.75, 3.05) is 46.5 Å². The van der Waals surface area contributed by atoms with E-state index in [1.807, 2.05) is 11.3 Å². The van der Waals surface area contributed by atoms with Crippen LogP contribution < -0.4 is 0 Å². The number of hydrogen-bond acceptors (Lipinski definition) is 5. The van der Waals surface area contributed by atoms with Gasteiger partial charge >= 0.3 is 0 Å². The van der Waals surface area contributed by atoms with E-state index in [-0.39, 0.29) is 6.10 Å². The molecule has 0 N–H and O–H groups in total. The fourth-order valence-corrected chi connectivity index (χ4v) is 4.39. The summed E-state index contributed by atoms with van der Waals surface area (Å²) in [6, 6.07) is 4.60. The van der Waals surface area contributed by atoms with Gasteiger partial charge in [-0.25, -0.2) is 0 Å². The summed E-state index contributed by atoms with van der Waals surface area (Å²) in [5.74, 6) is 0. The molecule has 2 fully saturated rings. The van der Waals surface area contributed by atoms with Crippen LogP contribution in [0.3, 0.4) is 0 Å². The van der Waals surface area contributed by atoms with Crippen molar-refractivity contribution in [3.63, 3.8) is 0 Å². The van der Waals surface area contributed by atoms with Gasteiger partial charge in [0, 0.05) is 29.4 Å². The maximum absolute atomic E-state index is 5.72. The summed E-state index contributed by atoms with van der Waals surface area (Å²) in [5, 5.41) is 0. The molecular formula is C17H28N2O2S. The molecule has 124 valence electrons. The van der Waals surface area contributed by atoms with Gasteiger partial charge in [0.2, 0.25) is 0 Å². The van der Waals surface area contributed by atoms with Crippen LogP contribution in [0.2, 0.25) is 0 Å². The molecule has 22 heavy (non-hydrogen) atoms. The van der Waals surface area contributed by atoms with Crippen molar-refractivity contribution in [1.82, 2.24) is 9.80 Å². The number of thiophene rings is 1. The standard InChI is InChI=1S/C17H28N2O2S/c1-18(11-15-14-20-9-10-21-15)12-16-5-6-17(22-16)13-19-7-3-2-4-8-19/h5-6,15H,2-4,7-14H2,1H3/t15-/m0/s1. The van der Waals surface area contributed by atoms with E-state index in [0.717, 1.165) is 39.5 Å². The molecule has 1 atom stereocenters. The summed E-state index contributed by atoms with van der Waals surface area (Å²) < 4.78 is 11.2. The van der Waals surface area contributed by atoms with E-state index in [1.165, 1.54) is 42.1 Å². The molecule has 1 aromatic heterocycles. The van der Waals surface area contributed by atoms with Crippen LogP contribution in [-0.2, 0) is 22.6 Å². The summed E-state index contributed by atoms with van der Waals surface area (Å²) in [6.45, 7) is 7.83. The van der Waals surface area contributed by atoms with Gasteiger partial charge in [0.25, 0.3) is 0 Å². The molecule has 3 heterocycles. The lowest BCUT2D eigenvalue weighted by Gasteiger charge is -2.27. The van der Waals surface area contributed by atoms with Crippen LogP contribution >= 0.6 is 11.3 Å². The summed E-state index contributed by atoms with van der Waals surface area (Å²) in [7, 11) is 2.17. The molecule has 0 unspecified atom stereocenters. The molecule has 2 aliphatic rings. The number of piperidine rings is 1. The van der Waals surface area contributed by atoms with Gasteiger partial charge in [-0.05, 0) is 45.1 Å². The monoisotopic (exact) mass is 324 g/mol. The molecule has 0 aromatic carbocycles. The second kappa shape index (κ2) is 8.41. The van der Waals surface area contributed by atoms with Crippen LogP contribution in [0.5, 0.6) is 0 Å². The fourth-order valence-electron chi connectivity index (χ4n) is 3.25. The Morgan fingerprint density at radius 2 is 2.00 bits per heavy atom. The van der Waals surface area contributed by atoms with Crippen molar-refractivity contribution in [3.8, 4) is 0 Å². The summed E-state index contributed by atoms with van der Waals surface area (Å²) in [4.78, 5) is 7.89. The Labute approximate surface area is 138 Å². The zero-order chi connectivity index (χ0) is 15.2. The third-order valence-electron chi connectivity index (χ3n) is 4.37. The molecule has 2 saturated heterocycles. The van der Waals surface area contributed by atoms with Gasteiger partial charge in [0.1, 0.15) is 0 Å². The third-order valence-corrected chi connectivity index (χ3v) is 5.43. The lowest BCUT2D eigenvalue weighted by molar-refractivity contribution is -0.0962. The first-order valence-electron chi connectivity index (χ1n) is 8.47. The van der Waals surface area contributed by atoms with Crippen LogP contribution in [0.4, 0.5) is 0 Å². The van der Waals surface area contributed by atoms with E-state index in [4.69, 9.17) is 9.47 Å².